The number of aliphatic hydroxyl groups excluding tert-OH is 1. The lowest BCUT2D eigenvalue weighted by atomic mass is 10.3. The van der Waals surface area contributed by atoms with Crippen molar-refractivity contribution in [2.45, 2.75) is 26.8 Å². The molecule has 2 aromatic heterocycles. The molecule has 2 heterocycles. The van der Waals surface area contributed by atoms with E-state index in [9.17, 15) is 4.79 Å². The third-order valence-electron chi connectivity index (χ3n) is 2.64. The van der Waals surface area contributed by atoms with Gasteiger partial charge in [-0.1, -0.05) is 11.8 Å². The average Bonchev–Trinajstić information content (AvgIpc) is 3.03. The molecule has 21 heavy (non-hydrogen) atoms. The SMILES string of the molecule is Cc1nc(C)c(C(=O)NCc2ccc(C#CCCO)s2)o1. The molecule has 0 radical (unpaired) electrons. The lowest BCUT2D eigenvalue weighted by Crippen LogP contribution is -2.22. The van der Waals surface area contributed by atoms with Gasteiger partial charge in [0.2, 0.25) is 5.76 Å². The second-order valence-corrected chi connectivity index (χ2v) is 5.54. The zero-order valence-electron chi connectivity index (χ0n) is 11.9. The van der Waals surface area contributed by atoms with Crippen LogP contribution in [0.1, 0.15) is 38.3 Å². The molecular weight excluding hydrogens is 288 g/mol. The van der Waals surface area contributed by atoms with Gasteiger partial charge in [0.1, 0.15) is 0 Å². The number of oxazole rings is 1. The van der Waals surface area contributed by atoms with E-state index in [1.807, 2.05) is 12.1 Å². The highest BCUT2D eigenvalue weighted by Gasteiger charge is 2.15. The van der Waals surface area contributed by atoms with Crippen LogP contribution in [0.4, 0.5) is 0 Å². The number of aryl methyl sites for hydroxylation is 2. The molecule has 0 spiro atoms. The molecule has 2 rings (SSSR count). The molecular formula is C15H16N2O3S. The molecule has 0 aromatic carbocycles. The van der Waals surface area contributed by atoms with Gasteiger partial charge in [0.25, 0.3) is 5.91 Å². The van der Waals surface area contributed by atoms with Crippen molar-refractivity contribution in [3.05, 3.63) is 39.2 Å². The smallest absolute Gasteiger partial charge is 0.289 e. The zero-order chi connectivity index (χ0) is 15.2. The molecule has 0 unspecified atom stereocenters. The number of carbonyl (C=O) groups excluding carboxylic acids is 1. The van der Waals surface area contributed by atoms with Gasteiger partial charge < -0.3 is 14.8 Å². The quantitative estimate of drug-likeness (QED) is 0.847. The van der Waals surface area contributed by atoms with Crippen LogP contribution < -0.4 is 5.32 Å². The molecule has 0 atom stereocenters. The number of aliphatic hydroxyl groups is 1. The maximum atomic E-state index is 12.0. The van der Waals surface area contributed by atoms with Crippen LogP contribution in [-0.4, -0.2) is 22.6 Å². The number of thiophene rings is 1. The lowest BCUT2D eigenvalue weighted by molar-refractivity contribution is 0.0921. The first-order valence-electron chi connectivity index (χ1n) is 6.51. The van der Waals surface area contributed by atoms with E-state index in [0.29, 0.717) is 24.6 Å². The van der Waals surface area contributed by atoms with Crippen LogP contribution in [0.3, 0.4) is 0 Å². The summed E-state index contributed by atoms with van der Waals surface area (Å²) in [4.78, 5) is 18.0. The molecule has 0 saturated carbocycles. The Bertz CT molecular complexity index is 691. The first kappa shape index (κ1) is 15.3. The van der Waals surface area contributed by atoms with Crippen LogP contribution in [0.2, 0.25) is 0 Å². The van der Waals surface area contributed by atoms with Gasteiger partial charge in [-0.05, 0) is 19.1 Å². The molecule has 110 valence electrons. The van der Waals surface area contributed by atoms with Gasteiger partial charge in [0.15, 0.2) is 5.89 Å². The molecule has 0 fully saturated rings. The predicted molar refractivity (Wildman–Crippen MR) is 80.0 cm³/mol. The second kappa shape index (κ2) is 7.07. The van der Waals surface area contributed by atoms with Crippen molar-refractivity contribution in [1.82, 2.24) is 10.3 Å². The van der Waals surface area contributed by atoms with Crippen molar-refractivity contribution in [3.8, 4) is 11.8 Å². The van der Waals surface area contributed by atoms with Crippen LogP contribution in [0, 0.1) is 25.7 Å². The Kier molecular flexibility index (Phi) is 5.14. The van der Waals surface area contributed by atoms with Crippen molar-refractivity contribution in [2.75, 3.05) is 6.61 Å². The number of nitrogens with zero attached hydrogens (tertiary/aromatic N) is 1. The number of rotatable bonds is 4. The fourth-order valence-corrected chi connectivity index (χ4v) is 2.56. The average molecular weight is 304 g/mol. The predicted octanol–water partition coefficient (Wildman–Crippen LogP) is 2.02. The van der Waals surface area contributed by atoms with Crippen LogP contribution in [-0.2, 0) is 6.54 Å². The van der Waals surface area contributed by atoms with E-state index in [1.54, 1.807) is 13.8 Å². The zero-order valence-corrected chi connectivity index (χ0v) is 12.7. The summed E-state index contributed by atoms with van der Waals surface area (Å²) >= 11 is 1.51. The number of amides is 1. The van der Waals surface area contributed by atoms with Crippen molar-refractivity contribution in [3.63, 3.8) is 0 Å². The lowest BCUT2D eigenvalue weighted by Gasteiger charge is -2.00. The molecule has 0 aliphatic rings. The number of hydrogen-bond donors (Lipinski definition) is 2. The summed E-state index contributed by atoms with van der Waals surface area (Å²) < 4.78 is 5.27. The molecule has 2 N–H and O–H groups in total. The molecule has 1 amide bonds. The van der Waals surface area contributed by atoms with E-state index in [2.05, 4.69) is 22.1 Å². The third-order valence-corrected chi connectivity index (χ3v) is 3.64. The molecule has 0 saturated heterocycles. The van der Waals surface area contributed by atoms with E-state index in [0.717, 1.165) is 9.75 Å². The van der Waals surface area contributed by atoms with Gasteiger partial charge in [-0.3, -0.25) is 4.79 Å². The van der Waals surface area contributed by atoms with Crippen LogP contribution in [0.5, 0.6) is 0 Å². The van der Waals surface area contributed by atoms with E-state index in [4.69, 9.17) is 9.52 Å². The van der Waals surface area contributed by atoms with Crippen molar-refractivity contribution in [2.24, 2.45) is 0 Å². The van der Waals surface area contributed by atoms with Crippen LogP contribution in [0.15, 0.2) is 16.5 Å². The largest absolute Gasteiger partial charge is 0.436 e. The first-order valence-corrected chi connectivity index (χ1v) is 7.32. The summed E-state index contributed by atoms with van der Waals surface area (Å²) in [6, 6.07) is 3.83. The molecule has 0 aliphatic heterocycles. The minimum atomic E-state index is -0.269. The van der Waals surface area contributed by atoms with E-state index >= 15 is 0 Å². The number of carbonyl (C=O) groups is 1. The van der Waals surface area contributed by atoms with Crippen molar-refractivity contribution in [1.29, 1.82) is 0 Å². The highest BCUT2D eigenvalue weighted by atomic mass is 32.1. The van der Waals surface area contributed by atoms with Crippen LogP contribution in [0.25, 0.3) is 0 Å². The number of aromatic nitrogens is 1. The summed E-state index contributed by atoms with van der Waals surface area (Å²) in [6.07, 6.45) is 0.466. The maximum Gasteiger partial charge on any atom is 0.289 e. The molecule has 0 aliphatic carbocycles. The molecule has 6 heteroatoms. The maximum absolute atomic E-state index is 12.0. The second-order valence-electron chi connectivity index (χ2n) is 4.37. The summed E-state index contributed by atoms with van der Waals surface area (Å²) in [5.74, 6) is 6.30. The highest BCUT2D eigenvalue weighted by Crippen LogP contribution is 2.16. The van der Waals surface area contributed by atoms with Crippen molar-refractivity contribution >= 4 is 17.2 Å². The monoisotopic (exact) mass is 304 g/mol. The van der Waals surface area contributed by atoms with E-state index in [-0.39, 0.29) is 18.3 Å². The van der Waals surface area contributed by atoms with E-state index in [1.165, 1.54) is 11.3 Å². The van der Waals surface area contributed by atoms with Gasteiger partial charge in [0, 0.05) is 18.2 Å². The van der Waals surface area contributed by atoms with Gasteiger partial charge in [-0.15, -0.1) is 11.3 Å². The summed E-state index contributed by atoms with van der Waals surface area (Å²) in [5.41, 5.74) is 0.590. The number of nitrogens with one attached hydrogen (secondary N) is 1. The summed E-state index contributed by atoms with van der Waals surface area (Å²) in [6.45, 7) is 3.94. The Labute approximate surface area is 127 Å². The van der Waals surface area contributed by atoms with Crippen LogP contribution >= 0.6 is 11.3 Å². The standard InChI is InChI=1S/C15H16N2O3S/c1-10-14(20-11(2)17-10)15(19)16-9-13-7-6-12(21-13)5-3-4-8-18/h6-7,18H,4,8-9H2,1-2H3,(H,16,19). The first-order chi connectivity index (χ1) is 10.1. The molecule has 0 bridgehead atoms. The summed E-state index contributed by atoms with van der Waals surface area (Å²) in [7, 11) is 0. The minimum Gasteiger partial charge on any atom is -0.436 e. The topological polar surface area (TPSA) is 75.4 Å². The Morgan fingerprint density at radius 2 is 2.29 bits per heavy atom. The third kappa shape index (κ3) is 4.18. The van der Waals surface area contributed by atoms with Gasteiger partial charge >= 0.3 is 0 Å². The van der Waals surface area contributed by atoms with Gasteiger partial charge in [0.05, 0.1) is 23.7 Å². The van der Waals surface area contributed by atoms with Crippen molar-refractivity contribution < 1.29 is 14.3 Å². The van der Waals surface area contributed by atoms with Gasteiger partial charge in [-0.25, -0.2) is 4.98 Å². The fourth-order valence-electron chi connectivity index (χ4n) is 1.74. The fraction of sp³-hybridized carbons (Fsp3) is 0.333. The Balaban J connectivity index is 1.93. The Morgan fingerprint density at radius 3 is 2.95 bits per heavy atom. The minimum absolute atomic E-state index is 0.0667. The highest BCUT2D eigenvalue weighted by molar-refractivity contribution is 7.12. The number of hydrogen-bond acceptors (Lipinski definition) is 5. The van der Waals surface area contributed by atoms with Gasteiger partial charge in [-0.2, -0.15) is 0 Å². The normalized spacial score (nSPS) is 10.0. The molecule has 2 aromatic rings. The Morgan fingerprint density at radius 1 is 1.48 bits per heavy atom. The summed E-state index contributed by atoms with van der Waals surface area (Å²) in [5, 5.41) is 11.5. The molecule has 5 nitrogen and oxygen atoms in total. The van der Waals surface area contributed by atoms with E-state index < -0.39 is 0 Å². The Hall–Kier alpha value is -2.10.